The first-order chi connectivity index (χ1) is 28.3. The summed E-state index contributed by atoms with van der Waals surface area (Å²) in [5.41, 5.74) is 10.0. The van der Waals surface area contributed by atoms with E-state index in [2.05, 4.69) is 215 Å². The molecule has 0 fully saturated rings. The van der Waals surface area contributed by atoms with Crippen molar-refractivity contribution in [3.63, 3.8) is 0 Å². The van der Waals surface area contributed by atoms with Gasteiger partial charge in [-0.05, 0) is 0 Å². The molecule has 0 amide bonds. The molecule has 0 radical (unpaired) electrons. The summed E-state index contributed by atoms with van der Waals surface area (Å²) in [6.07, 6.45) is 0. The van der Waals surface area contributed by atoms with Gasteiger partial charge >= 0.3 is 334 Å². The number of benzene rings is 8. The van der Waals surface area contributed by atoms with Gasteiger partial charge in [0.15, 0.2) is 0 Å². The third-order valence-electron chi connectivity index (χ3n) is 12.0. The van der Waals surface area contributed by atoms with E-state index in [9.17, 15) is 0 Å². The number of para-hydroxylation sites is 3. The molecular formula is C52H34GeN4. The SMILES string of the molecule is c1ccc(-c2nc(-n3c4ccccc4c4ccc5c6ccccc6n(-c6ccccc6)c5c43)n[c]3c2-c2cccc[c]2[Ge]3([c]2ccccc2)[c]2ccccc2)cc1. The molecule has 57 heavy (non-hydrogen) atoms. The Hall–Kier alpha value is -7.02. The van der Waals surface area contributed by atoms with Gasteiger partial charge in [-0.3, -0.25) is 0 Å². The Morgan fingerprint density at radius 2 is 0.877 bits per heavy atom. The minimum atomic E-state index is -3.78. The molecule has 8 aromatic carbocycles. The third-order valence-corrected chi connectivity index (χ3v) is 21.9. The van der Waals surface area contributed by atoms with Crippen molar-refractivity contribution in [3.8, 4) is 34.0 Å². The molecule has 0 N–H and O–H groups in total. The van der Waals surface area contributed by atoms with Crippen LogP contribution in [-0.4, -0.2) is 32.4 Å². The fraction of sp³-hybridized carbons (Fsp3) is 0. The second-order valence-corrected chi connectivity index (χ2v) is 22.6. The summed E-state index contributed by atoms with van der Waals surface area (Å²) >= 11 is -3.78. The number of hydrogen-bond acceptors (Lipinski definition) is 2. The normalized spacial score (nSPS) is 13.1. The van der Waals surface area contributed by atoms with Crippen LogP contribution in [-0.2, 0) is 0 Å². The Bertz CT molecular complexity index is 3290. The predicted octanol–water partition coefficient (Wildman–Crippen LogP) is 9.70. The fourth-order valence-corrected chi connectivity index (χ4v) is 20.2. The molecule has 12 rings (SSSR count). The number of fused-ring (bicyclic) bond motifs is 10. The maximum absolute atomic E-state index is 5.99. The average molecular weight is 787 g/mol. The van der Waals surface area contributed by atoms with Crippen LogP contribution < -0.4 is 17.7 Å². The summed E-state index contributed by atoms with van der Waals surface area (Å²) in [6, 6.07) is 75.0. The van der Waals surface area contributed by atoms with Gasteiger partial charge in [0.25, 0.3) is 0 Å². The van der Waals surface area contributed by atoms with Gasteiger partial charge in [0, 0.05) is 0 Å². The van der Waals surface area contributed by atoms with Gasteiger partial charge in [0.1, 0.15) is 0 Å². The summed E-state index contributed by atoms with van der Waals surface area (Å²) in [6.45, 7) is 0. The molecule has 11 aromatic rings. The quantitative estimate of drug-likeness (QED) is 0.163. The molecule has 0 aliphatic carbocycles. The summed E-state index contributed by atoms with van der Waals surface area (Å²) in [5, 5.41) is 4.76. The van der Waals surface area contributed by atoms with Gasteiger partial charge in [0.05, 0.1) is 0 Å². The third kappa shape index (κ3) is 4.50. The van der Waals surface area contributed by atoms with Crippen LogP contribution in [0.4, 0.5) is 0 Å². The van der Waals surface area contributed by atoms with E-state index in [0.717, 1.165) is 39.1 Å². The van der Waals surface area contributed by atoms with Crippen LogP contribution >= 0.6 is 0 Å². The molecule has 4 heterocycles. The predicted molar refractivity (Wildman–Crippen MR) is 239 cm³/mol. The van der Waals surface area contributed by atoms with Crippen molar-refractivity contribution in [2.75, 3.05) is 0 Å². The Morgan fingerprint density at radius 1 is 0.386 bits per heavy atom. The van der Waals surface area contributed by atoms with Crippen LogP contribution in [0, 0.1) is 0 Å². The van der Waals surface area contributed by atoms with Crippen LogP contribution in [0.3, 0.4) is 0 Å². The zero-order valence-corrected chi connectivity index (χ0v) is 33.0. The molecule has 1 aliphatic heterocycles. The van der Waals surface area contributed by atoms with E-state index in [4.69, 9.17) is 9.97 Å². The Balaban J connectivity index is 1.30. The van der Waals surface area contributed by atoms with Gasteiger partial charge in [-0.1, -0.05) is 0 Å². The van der Waals surface area contributed by atoms with Crippen LogP contribution in [0.25, 0.3) is 77.6 Å². The Morgan fingerprint density at radius 3 is 1.51 bits per heavy atom. The van der Waals surface area contributed by atoms with Crippen molar-refractivity contribution in [3.05, 3.63) is 206 Å². The average Bonchev–Trinajstić information content (AvgIpc) is 3.92. The number of hydrogen-bond donors (Lipinski definition) is 0. The summed E-state index contributed by atoms with van der Waals surface area (Å²) < 4.78 is 10.1. The first kappa shape index (κ1) is 32.2. The molecule has 0 bridgehead atoms. The van der Waals surface area contributed by atoms with Crippen LogP contribution in [0.5, 0.6) is 0 Å². The number of nitrogens with zero attached hydrogens (tertiary/aromatic N) is 4. The van der Waals surface area contributed by atoms with E-state index in [1.807, 2.05) is 0 Å². The van der Waals surface area contributed by atoms with Gasteiger partial charge < -0.3 is 0 Å². The topological polar surface area (TPSA) is 35.6 Å². The molecule has 5 heteroatoms. The van der Waals surface area contributed by atoms with Crippen molar-refractivity contribution in [1.82, 2.24) is 19.1 Å². The van der Waals surface area contributed by atoms with Crippen molar-refractivity contribution >= 4 is 74.6 Å². The molecule has 0 spiro atoms. The molecule has 1 aliphatic rings. The zero-order valence-electron chi connectivity index (χ0n) is 30.9. The monoisotopic (exact) mass is 788 g/mol. The number of aromatic nitrogens is 4. The summed E-state index contributed by atoms with van der Waals surface area (Å²) in [4.78, 5) is 11.7. The van der Waals surface area contributed by atoms with Gasteiger partial charge in [-0.2, -0.15) is 0 Å². The fourth-order valence-electron chi connectivity index (χ4n) is 9.72. The molecule has 3 aromatic heterocycles. The second kappa shape index (κ2) is 12.5. The molecular weight excluding hydrogens is 753 g/mol. The van der Waals surface area contributed by atoms with E-state index in [1.165, 1.54) is 50.3 Å². The standard InChI is InChI=1S/C52H34GeN4/c1-5-19-35(20-6-1)48-47-43-29-13-16-30-44(43)53(36-21-7-2-8-22-36,37-23-9-3-10-24-37)51(47)55-52(54-48)57-46-32-18-15-28-40(46)42-34-33-41-39-27-14-17-31-45(39)56(49(41)50(42)57)38-25-11-4-12-26-38/h1-34H. The van der Waals surface area contributed by atoms with E-state index in [-0.39, 0.29) is 0 Å². The molecule has 266 valence electrons. The summed E-state index contributed by atoms with van der Waals surface area (Å²) in [7, 11) is 0. The maximum atomic E-state index is 5.99. The van der Waals surface area contributed by atoms with Crippen LogP contribution in [0.15, 0.2) is 206 Å². The van der Waals surface area contributed by atoms with Crippen LogP contribution in [0.2, 0.25) is 0 Å². The Labute approximate surface area is 332 Å². The minimum absolute atomic E-state index is 0.686. The van der Waals surface area contributed by atoms with E-state index < -0.39 is 13.3 Å². The van der Waals surface area contributed by atoms with Crippen molar-refractivity contribution < 1.29 is 0 Å². The van der Waals surface area contributed by atoms with Crippen LogP contribution in [0.1, 0.15) is 0 Å². The first-order valence-electron chi connectivity index (χ1n) is 19.5. The Kier molecular flexibility index (Phi) is 7.07. The van der Waals surface area contributed by atoms with Gasteiger partial charge in [-0.15, -0.1) is 0 Å². The van der Waals surface area contributed by atoms with Crippen molar-refractivity contribution in [1.29, 1.82) is 0 Å². The van der Waals surface area contributed by atoms with Gasteiger partial charge in [0.2, 0.25) is 0 Å². The van der Waals surface area contributed by atoms with Crippen molar-refractivity contribution in [2.24, 2.45) is 0 Å². The van der Waals surface area contributed by atoms with E-state index >= 15 is 0 Å². The molecule has 0 saturated heterocycles. The molecule has 0 saturated carbocycles. The molecule has 4 nitrogen and oxygen atoms in total. The first-order valence-corrected chi connectivity index (χ1v) is 23.7. The number of rotatable bonds is 5. The van der Waals surface area contributed by atoms with Gasteiger partial charge in [-0.25, -0.2) is 0 Å². The van der Waals surface area contributed by atoms with E-state index in [0.29, 0.717) is 5.95 Å². The summed E-state index contributed by atoms with van der Waals surface area (Å²) in [5.74, 6) is 0.686. The van der Waals surface area contributed by atoms with Crippen molar-refractivity contribution in [2.45, 2.75) is 0 Å². The zero-order chi connectivity index (χ0) is 37.5. The van der Waals surface area contributed by atoms with E-state index in [1.54, 1.807) is 0 Å². The molecule has 0 atom stereocenters. The second-order valence-electron chi connectivity index (χ2n) is 14.9. The molecule has 0 unspecified atom stereocenters.